The summed E-state index contributed by atoms with van der Waals surface area (Å²) in [6.45, 7) is 0.253. The Morgan fingerprint density at radius 3 is 2.90 bits per heavy atom. The molecule has 3 N–H and O–H groups in total. The molecular weight excluding hydrogens is 308 g/mol. The number of nitrogen functional groups attached to an aromatic ring is 1. The Bertz CT molecular complexity index is 620. The van der Waals surface area contributed by atoms with E-state index in [0.717, 1.165) is 17.0 Å². The topological polar surface area (TPSA) is 90.4 Å². The predicted molar refractivity (Wildman–Crippen MR) is 73.2 cm³/mol. The molecule has 0 amide bonds. The highest BCUT2D eigenvalue weighted by atomic mass is 35.5. The van der Waals surface area contributed by atoms with Crippen LogP contribution >= 0.6 is 11.6 Å². The Morgan fingerprint density at radius 1 is 1.71 bits per heavy atom. The summed E-state index contributed by atoms with van der Waals surface area (Å²) >= 11 is 5.43. The third kappa shape index (κ3) is 2.66. The molecule has 1 aliphatic heterocycles. The van der Waals surface area contributed by atoms with Crippen LogP contribution in [0.5, 0.6) is 0 Å². The van der Waals surface area contributed by atoms with Gasteiger partial charge in [-0.1, -0.05) is 11.6 Å². The van der Waals surface area contributed by atoms with Gasteiger partial charge in [0, 0.05) is 17.3 Å². The molecule has 2 rings (SSSR count). The lowest BCUT2D eigenvalue weighted by atomic mass is 9.98. The van der Waals surface area contributed by atoms with Crippen molar-refractivity contribution < 1.29 is 18.6 Å². The number of nitrogens with zero attached hydrogens (tertiary/aromatic N) is 2. The van der Waals surface area contributed by atoms with Crippen LogP contribution in [0.15, 0.2) is 16.5 Å². The van der Waals surface area contributed by atoms with Gasteiger partial charge < -0.3 is 15.6 Å². The largest absolute Gasteiger partial charge is 0.394 e. The number of hydrogen-bond acceptors (Lipinski definition) is 5. The first-order chi connectivity index (χ1) is 9.82. The maximum absolute atomic E-state index is 14.2. The minimum atomic E-state index is -2.43. The first-order valence-electron chi connectivity index (χ1n) is 6.07. The number of aliphatic hydroxyl groups excluding tert-OH is 1. The first kappa shape index (κ1) is 15.9. The van der Waals surface area contributed by atoms with Crippen molar-refractivity contribution in [2.75, 3.05) is 12.3 Å². The molecule has 0 radical (unpaired) electrons. The lowest BCUT2D eigenvalue weighted by Gasteiger charge is -2.20. The monoisotopic (exact) mass is 321 g/mol. The number of alkyl halides is 2. The van der Waals surface area contributed by atoms with Gasteiger partial charge in [-0.2, -0.15) is 4.98 Å². The van der Waals surface area contributed by atoms with Gasteiger partial charge in [-0.3, -0.25) is 4.57 Å². The first-order valence-corrected chi connectivity index (χ1v) is 6.51. The molecule has 0 aromatic carbocycles. The van der Waals surface area contributed by atoms with Crippen molar-refractivity contribution >= 4 is 23.5 Å². The predicted octanol–water partition coefficient (Wildman–Crippen LogP) is 0.991. The van der Waals surface area contributed by atoms with Crippen molar-refractivity contribution in [3.8, 4) is 0 Å². The third-order valence-electron chi connectivity index (χ3n) is 3.42. The number of aromatic nitrogens is 2. The van der Waals surface area contributed by atoms with Crippen LogP contribution in [0.1, 0.15) is 18.7 Å². The van der Waals surface area contributed by atoms with Crippen molar-refractivity contribution in [3.05, 3.63) is 27.8 Å². The van der Waals surface area contributed by atoms with Gasteiger partial charge in [-0.15, -0.1) is 0 Å². The Morgan fingerprint density at radius 2 is 2.38 bits per heavy atom. The van der Waals surface area contributed by atoms with E-state index in [-0.39, 0.29) is 11.4 Å². The zero-order valence-corrected chi connectivity index (χ0v) is 11.8. The fourth-order valence-electron chi connectivity index (χ4n) is 2.13. The van der Waals surface area contributed by atoms with Crippen LogP contribution in [-0.2, 0) is 4.74 Å². The van der Waals surface area contributed by atoms with E-state index in [1.165, 1.54) is 12.3 Å². The molecule has 6 nitrogen and oxygen atoms in total. The zero-order valence-electron chi connectivity index (χ0n) is 11.0. The van der Waals surface area contributed by atoms with Gasteiger partial charge in [0.15, 0.2) is 18.1 Å². The molecule has 21 heavy (non-hydrogen) atoms. The number of hydrogen-bond donors (Lipinski definition) is 2. The van der Waals surface area contributed by atoms with Crippen molar-refractivity contribution in [1.29, 1.82) is 0 Å². The second kappa shape index (κ2) is 5.70. The van der Waals surface area contributed by atoms with E-state index in [1.807, 2.05) is 0 Å². The Kier molecular flexibility index (Phi) is 4.31. The summed E-state index contributed by atoms with van der Waals surface area (Å²) < 4.78 is 34.3. The van der Waals surface area contributed by atoms with Crippen LogP contribution in [0, 0.1) is 0 Å². The fourth-order valence-corrected chi connectivity index (χ4v) is 2.27. The second-order valence-electron chi connectivity index (χ2n) is 4.81. The summed E-state index contributed by atoms with van der Waals surface area (Å²) in [5.74, 6) is -0.0942. The van der Waals surface area contributed by atoms with Crippen LogP contribution in [0.3, 0.4) is 0 Å². The highest BCUT2D eigenvalue weighted by molar-refractivity contribution is 6.27. The molecule has 116 valence electrons. The van der Waals surface area contributed by atoms with Crippen LogP contribution in [0.4, 0.5) is 14.6 Å². The van der Waals surface area contributed by atoms with E-state index < -0.39 is 36.5 Å². The number of ether oxygens (including phenoxy) is 1. The lowest BCUT2D eigenvalue weighted by molar-refractivity contribution is -0.0532. The number of rotatable bonds is 3. The Balaban J connectivity index is 2.48. The molecule has 4 unspecified atom stereocenters. The minimum absolute atomic E-state index is 0.0942. The molecule has 1 aliphatic rings. The van der Waals surface area contributed by atoms with Gasteiger partial charge in [-0.05, 0) is 13.0 Å². The van der Waals surface area contributed by atoms with Crippen molar-refractivity contribution in [3.63, 3.8) is 0 Å². The van der Waals surface area contributed by atoms with Gasteiger partial charge in [0.1, 0.15) is 11.9 Å². The molecule has 4 atom stereocenters. The maximum Gasteiger partial charge on any atom is 0.351 e. The van der Waals surface area contributed by atoms with E-state index in [4.69, 9.17) is 27.2 Å². The number of anilines is 1. The second-order valence-corrected chi connectivity index (χ2v) is 5.07. The summed E-state index contributed by atoms with van der Waals surface area (Å²) in [4.78, 5) is 15.3. The average Bonchev–Trinajstić information content (AvgIpc) is 2.64. The Hall–Kier alpha value is -1.51. The molecule has 0 aliphatic carbocycles. The van der Waals surface area contributed by atoms with Crippen LogP contribution < -0.4 is 11.4 Å². The van der Waals surface area contributed by atoms with E-state index in [9.17, 15) is 13.6 Å². The number of nitrogens with two attached hydrogens (primary N) is 1. The summed E-state index contributed by atoms with van der Waals surface area (Å²) in [5.41, 5.74) is 3.61. The van der Waals surface area contributed by atoms with Gasteiger partial charge in [0.2, 0.25) is 0 Å². The van der Waals surface area contributed by atoms with Crippen LogP contribution in [0.25, 0.3) is 6.08 Å². The van der Waals surface area contributed by atoms with Crippen molar-refractivity contribution in [1.82, 2.24) is 9.55 Å². The smallest absolute Gasteiger partial charge is 0.351 e. The fraction of sp³-hybridized carbons (Fsp3) is 0.500. The number of halogens is 3. The quantitative estimate of drug-likeness (QED) is 0.866. The van der Waals surface area contributed by atoms with Crippen molar-refractivity contribution in [2.24, 2.45) is 0 Å². The van der Waals surface area contributed by atoms with E-state index >= 15 is 0 Å². The normalized spacial score (nSPS) is 32.9. The van der Waals surface area contributed by atoms with Gasteiger partial charge in [0.05, 0.1) is 6.61 Å². The van der Waals surface area contributed by atoms with Gasteiger partial charge >= 0.3 is 5.69 Å². The van der Waals surface area contributed by atoms with Crippen LogP contribution in [-0.4, -0.2) is 39.2 Å². The minimum Gasteiger partial charge on any atom is -0.394 e. The molecule has 0 spiro atoms. The summed E-state index contributed by atoms with van der Waals surface area (Å²) in [6.07, 6.45) is -2.55. The highest BCUT2D eigenvalue weighted by Gasteiger charge is 2.56. The third-order valence-corrected chi connectivity index (χ3v) is 3.54. The molecule has 1 aromatic heterocycles. The standard InChI is InChI=1S/C12H14ClF2N3O3/c1-12(15)7(5-19)21-10(8(12)14)18-4-6(2-3-13)9(16)17-11(18)20/h2-4,7-8,10,19H,5H2,1H3,(H2,16,17,20)/b3-2-. The van der Waals surface area contributed by atoms with Crippen molar-refractivity contribution in [2.45, 2.75) is 31.1 Å². The molecular formula is C12H14ClF2N3O3. The number of aliphatic hydroxyl groups is 1. The molecule has 1 fully saturated rings. The average molecular weight is 322 g/mol. The molecule has 1 aromatic rings. The SMILES string of the molecule is CC1(F)C(CO)OC(n2cc(/C=C\Cl)c(N)nc2=O)C1F. The van der Waals surface area contributed by atoms with E-state index in [0.29, 0.717) is 0 Å². The van der Waals surface area contributed by atoms with Crippen LogP contribution in [0.2, 0.25) is 0 Å². The highest BCUT2D eigenvalue weighted by Crippen LogP contribution is 2.41. The van der Waals surface area contributed by atoms with Gasteiger partial charge in [-0.25, -0.2) is 13.6 Å². The molecule has 2 heterocycles. The lowest BCUT2D eigenvalue weighted by Crippen LogP contribution is -2.40. The molecule has 0 saturated carbocycles. The van der Waals surface area contributed by atoms with Gasteiger partial charge in [0.25, 0.3) is 0 Å². The molecule has 1 saturated heterocycles. The zero-order chi connectivity index (χ0) is 15.8. The summed E-state index contributed by atoms with van der Waals surface area (Å²) in [7, 11) is 0. The van der Waals surface area contributed by atoms with E-state index in [2.05, 4.69) is 4.98 Å². The molecule has 9 heteroatoms. The molecule has 0 bridgehead atoms. The van der Waals surface area contributed by atoms with E-state index in [1.54, 1.807) is 0 Å². The Labute approximate surface area is 123 Å². The summed E-state index contributed by atoms with van der Waals surface area (Å²) in [5, 5.41) is 9.05. The maximum atomic E-state index is 14.2. The summed E-state index contributed by atoms with van der Waals surface area (Å²) in [6, 6.07) is 0.